The van der Waals surface area contributed by atoms with Gasteiger partial charge >= 0.3 is 0 Å². The number of carbonyl (C=O) groups is 1. The lowest BCUT2D eigenvalue weighted by Gasteiger charge is -2.15. The summed E-state index contributed by atoms with van der Waals surface area (Å²) < 4.78 is 0. The van der Waals surface area contributed by atoms with Crippen LogP contribution in [-0.2, 0) is 0 Å². The van der Waals surface area contributed by atoms with Gasteiger partial charge in [-0.2, -0.15) is 0 Å². The second-order valence-electron chi connectivity index (χ2n) is 5.37. The summed E-state index contributed by atoms with van der Waals surface area (Å²) in [7, 11) is 0. The van der Waals surface area contributed by atoms with Crippen molar-refractivity contribution in [2.45, 2.75) is 20.3 Å². The number of rotatable bonds is 4. The Labute approximate surface area is 109 Å². The van der Waals surface area contributed by atoms with Crippen LogP contribution < -0.4 is 5.73 Å². The SMILES string of the molecule is Cc1ccc(C(=O)CN2CCC(CN)C2)c(C)c1. The molecule has 2 rings (SSSR count). The van der Waals surface area contributed by atoms with E-state index in [2.05, 4.69) is 11.0 Å². The van der Waals surface area contributed by atoms with Gasteiger partial charge in [-0.1, -0.05) is 23.8 Å². The minimum atomic E-state index is 0.227. The van der Waals surface area contributed by atoms with Crippen LogP contribution in [-0.4, -0.2) is 36.9 Å². The van der Waals surface area contributed by atoms with Crippen molar-refractivity contribution < 1.29 is 4.79 Å². The van der Waals surface area contributed by atoms with Gasteiger partial charge in [0.1, 0.15) is 0 Å². The monoisotopic (exact) mass is 246 g/mol. The van der Waals surface area contributed by atoms with E-state index in [1.54, 1.807) is 0 Å². The molecule has 3 heteroatoms. The smallest absolute Gasteiger partial charge is 0.177 e. The number of aryl methyl sites for hydroxylation is 2. The average molecular weight is 246 g/mol. The summed E-state index contributed by atoms with van der Waals surface area (Å²) in [6.07, 6.45) is 1.12. The third kappa shape index (κ3) is 2.98. The summed E-state index contributed by atoms with van der Waals surface area (Å²) in [5.41, 5.74) is 8.81. The molecule has 0 spiro atoms. The molecule has 1 unspecified atom stereocenters. The molecule has 1 aromatic rings. The molecule has 1 fully saturated rings. The normalized spacial score (nSPS) is 20.3. The first-order valence-corrected chi connectivity index (χ1v) is 6.63. The Morgan fingerprint density at radius 2 is 2.22 bits per heavy atom. The van der Waals surface area contributed by atoms with Gasteiger partial charge in [0, 0.05) is 12.1 Å². The van der Waals surface area contributed by atoms with Gasteiger partial charge in [0.15, 0.2) is 5.78 Å². The maximum absolute atomic E-state index is 12.3. The fourth-order valence-corrected chi connectivity index (χ4v) is 2.66. The zero-order valence-electron chi connectivity index (χ0n) is 11.3. The largest absolute Gasteiger partial charge is 0.330 e. The molecule has 1 atom stereocenters. The minimum absolute atomic E-state index is 0.227. The van der Waals surface area contributed by atoms with Gasteiger partial charge in [-0.05, 0) is 44.8 Å². The Bertz CT molecular complexity index is 442. The van der Waals surface area contributed by atoms with Crippen molar-refractivity contribution in [1.82, 2.24) is 4.90 Å². The van der Waals surface area contributed by atoms with Crippen molar-refractivity contribution in [3.8, 4) is 0 Å². The quantitative estimate of drug-likeness (QED) is 0.824. The Morgan fingerprint density at radius 1 is 1.44 bits per heavy atom. The molecule has 18 heavy (non-hydrogen) atoms. The lowest BCUT2D eigenvalue weighted by Crippen LogP contribution is -2.29. The second-order valence-corrected chi connectivity index (χ2v) is 5.37. The molecule has 2 N–H and O–H groups in total. The molecular weight excluding hydrogens is 224 g/mol. The van der Waals surface area contributed by atoms with Gasteiger partial charge < -0.3 is 5.73 Å². The third-order valence-electron chi connectivity index (χ3n) is 3.75. The van der Waals surface area contributed by atoms with E-state index in [1.165, 1.54) is 5.56 Å². The zero-order chi connectivity index (χ0) is 13.1. The molecular formula is C15H22N2O. The molecule has 1 aliphatic rings. The topological polar surface area (TPSA) is 46.3 Å². The van der Waals surface area contributed by atoms with E-state index in [0.717, 1.165) is 37.2 Å². The number of Topliss-reactive ketones (excluding diaryl/α,β-unsaturated/α-hetero) is 1. The van der Waals surface area contributed by atoms with Crippen molar-refractivity contribution in [2.24, 2.45) is 11.7 Å². The highest BCUT2D eigenvalue weighted by Gasteiger charge is 2.23. The number of likely N-dealkylation sites (tertiary alicyclic amines) is 1. The van der Waals surface area contributed by atoms with E-state index in [0.29, 0.717) is 12.5 Å². The number of benzene rings is 1. The summed E-state index contributed by atoms with van der Waals surface area (Å²) in [6.45, 7) is 7.28. The molecule has 0 amide bonds. The Kier molecular flexibility index (Phi) is 4.15. The summed E-state index contributed by atoms with van der Waals surface area (Å²) in [4.78, 5) is 14.5. The highest BCUT2D eigenvalue weighted by molar-refractivity contribution is 5.99. The minimum Gasteiger partial charge on any atom is -0.330 e. The van der Waals surface area contributed by atoms with Crippen LogP contribution >= 0.6 is 0 Å². The summed E-state index contributed by atoms with van der Waals surface area (Å²) in [6, 6.07) is 6.02. The van der Waals surface area contributed by atoms with E-state index < -0.39 is 0 Å². The molecule has 0 bridgehead atoms. The van der Waals surface area contributed by atoms with Crippen LogP contribution in [0.25, 0.3) is 0 Å². The molecule has 1 heterocycles. The van der Waals surface area contributed by atoms with Crippen LogP contribution in [0.5, 0.6) is 0 Å². The van der Waals surface area contributed by atoms with E-state index in [1.807, 2.05) is 26.0 Å². The van der Waals surface area contributed by atoms with E-state index in [-0.39, 0.29) is 5.78 Å². The van der Waals surface area contributed by atoms with Crippen molar-refractivity contribution >= 4 is 5.78 Å². The third-order valence-corrected chi connectivity index (χ3v) is 3.75. The standard InChI is InChI=1S/C15H22N2O/c1-11-3-4-14(12(2)7-11)15(18)10-17-6-5-13(8-16)9-17/h3-4,7,13H,5-6,8-10,16H2,1-2H3. The summed E-state index contributed by atoms with van der Waals surface area (Å²) >= 11 is 0. The predicted molar refractivity (Wildman–Crippen MR) is 73.8 cm³/mol. The average Bonchev–Trinajstić information content (AvgIpc) is 2.76. The zero-order valence-corrected chi connectivity index (χ0v) is 11.3. The van der Waals surface area contributed by atoms with Gasteiger partial charge in [-0.3, -0.25) is 9.69 Å². The van der Waals surface area contributed by atoms with Crippen molar-refractivity contribution in [3.63, 3.8) is 0 Å². The second kappa shape index (κ2) is 5.63. The highest BCUT2D eigenvalue weighted by atomic mass is 16.1. The van der Waals surface area contributed by atoms with Crippen molar-refractivity contribution in [1.29, 1.82) is 0 Å². The van der Waals surface area contributed by atoms with Crippen LogP contribution in [0.3, 0.4) is 0 Å². The molecule has 98 valence electrons. The number of nitrogens with two attached hydrogens (primary N) is 1. The first kappa shape index (κ1) is 13.2. The molecule has 0 aromatic heterocycles. The summed E-state index contributed by atoms with van der Waals surface area (Å²) in [5.74, 6) is 0.794. The number of nitrogens with zero attached hydrogens (tertiary/aromatic N) is 1. The molecule has 0 saturated carbocycles. The van der Waals surface area contributed by atoms with Crippen LogP contribution in [0, 0.1) is 19.8 Å². The van der Waals surface area contributed by atoms with Gasteiger partial charge in [0.05, 0.1) is 6.54 Å². The van der Waals surface area contributed by atoms with E-state index in [4.69, 9.17) is 5.73 Å². The molecule has 1 aliphatic heterocycles. The Balaban J connectivity index is 2.00. The maximum atomic E-state index is 12.3. The van der Waals surface area contributed by atoms with Crippen LogP contribution in [0.15, 0.2) is 18.2 Å². The fourth-order valence-electron chi connectivity index (χ4n) is 2.66. The Hall–Kier alpha value is -1.19. The predicted octanol–water partition coefficient (Wildman–Crippen LogP) is 1.77. The highest BCUT2D eigenvalue weighted by Crippen LogP contribution is 2.17. The van der Waals surface area contributed by atoms with E-state index in [9.17, 15) is 4.79 Å². The van der Waals surface area contributed by atoms with Gasteiger partial charge in [0.2, 0.25) is 0 Å². The molecule has 0 radical (unpaired) electrons. The molecule has 1 saturated heterocycles. The Morgan fingerprint density at radius 3 is 2.83 bits per heavy atom. The number of ketones is 1. The fraction of sp³-hybridized carbons (Fsp3) is 0.533. The van der Waals surface area contributed by atoms with Gasteiger partial charge in [-0.25, -0.2) is 0 Å². The summed E-state index contributed by atoms with van der Waals surface area (Å²) in [5, 5.41) is 0. The first-order valence-electron chi connectivity index (χ1n) is 6.63. The molecule has 1 aromatic carbocycles. The van der Waals surface area contributed by atoms with Crippen LogP contribution in [0.2, 0.25) is 0 Å². The number of carbonyl (C=O) groups excluding carboxylic acids is 1. The lowest BCUT2D eigenvalue weighted by atomic mass is 10.0. The van der Waals surface area contributed by atoms with Crippen LogP contribution in [0.4, 0.5) is 0 Å². The molecule has 0 aliphatic carbocycles. The van der Waals surface area contributed by atoms with Gasteiger partial charge in [0.25, 0.3) is 0 Å². The first-order chi connectivity index (χ1) is 8.60. The lowest BCUT2D eigenvalue weighted by molar-refractivity contribution is 0.0943. The van der Waals surface area contributed by atoms with Crippen LogP contribution in [0.1, 0.15) is 27.9 Å². The number of hydrogen-bond acceptors (Lipinski definition) is 3. The number of hydrogen-bond donors (Lipinski definition) is 1. The maximum Gasteiger partial charge on any atom is 0.177 e. The van der Waals surface area contributed by atoms with Gasteiger partial charge in [-0.15, -0.1) is 0 Å². The van der Waals surface area contributed by atoms with Crippen molar-refractivity contribution in [2.75, 3.05) is 26.2 Å². The van der Waals surface area contributed by atoms with Crippen molar-refractivity contribution in [3.05, 3.63) is 34.9 Å². The van der Waals surface area contributed by atoms with E-state index >= 15 is 0 Å². The molecule has 3 nitrogen and oxygen atoms in total.